The highest BCUT2D eigenvalue weighted by molar-refractivity contribution is 9.09. The Balaban J connectivity index is 1.34. The number of amides is 3. The van der Waals surface area contributed by atoms with Gasteiger partial charge in [-0.1, -0.05) is 28.9 Å². The number of benzene rings is 1. The van der Waals surface area contributed by atoms with Crippen LogP contribution in [0.5, 0.6) is 0 Å². The molecule has 1 aromatic carbocycles. The number of hydrogen-bond acceptors (Lipinski definition) is 19. The van der Waals surface area contributed by atoms with Crippen molar-refractivity contribution in [1.29, 1.82) is 0 Å². The van der Waals surface area contributed by atoms with Crippen LogP contribution in [0.25, 0.3) is 6.08 Å². The molecule has 1 aliphatic rings. The molecule has 0 saturated carbocycles. The van der Waals surface area contributed by atoms with E-state index in [2.05, 4.69) is 31.6 Å². The molecule has 1 heterocycles. The maximum Gasteiger partial charge on any atom is 0.407 e. The molecule has 23 nitrogen and oxygen atoms in total. The molecule has 0 aromatic heterocycles. The molecule has 1 aliphatic heterocycles. The summed E-state index contributed by atoms with van der Waals surface area (Å²) in [6.07, 6.45) is 1.60. The van der Waals surface area contributed by atoms with Gasteiger partial charge in [0.15, 0.2) is 0 Å². The third-order valence-corrected chi connectivity index (χ3v) is 11.1. The summed E-state index contributed by atoms with van der Waals surface area (Å²) < 4.78 is 86.0. The normalized spacial score (nSPS) is 12.6. The van der Waals surface area contributed by atoms with Crippen LogP contribution in [0.15, 0.2) is 33.7 Å². The second-order valence-corrected chi connectivity index (χ2v) is 17.1. The molecule has 390 valence electrons. The fourth-order valence-corrected chi connectivity index (χ4v) is 6.53. The number of carbonyl (C=O) groups is 3. The van der Waals surface area contributed by atoms with E-state index >= 15 is 0 Å². The van der Waals surface area contributed by atoms with Gasteiger partial charge in [-0.05, 0) is 24.6 Å². The Morgan fingerprint density at radius 3 is 1.54 bits per heavy atom. The van der Waals surface area contributed by atoms with Gasteiger partial charge in [-0.25, -0.2) is 27.6 Å². The summed E-state index contributed by atoms with van der Waals surface area (Å²) in [6.45, 7) is 11.2. The molecule has 0 unspecified atom stereocenters. The van der Waals surface area contributed by atoms with Crippen LogP contribution in [-0.4, -0.2) is 226 Å². The third-order valence-electron chi connectivity index (χ3n) is 8.79. The fraction of sp³-hybridized carbons (Fsp3) is 0.721. The molecule has 0 fully saturated rings. The first kappa shape index (κ1) is 60.7. The van der Waals surface area contributed by atoms with E-state index in [-0.39, 0.29) is 61.3 Å². The highest BCUT2D eigenvalue weighted by Gasteiger charge is 2.24. The summed E-state index contributed by atoms with van der Waals surface area (Å²) in [7, 11) is -0.820. The van der Waals surface area contributed by atoms with Gasteiger partial charge in [0.2, 0.25) is 15.9 Å². The first-order valence-corrected chi connectivity index (χ1v) is 25.1. The number of nitrogens with two attached hydrogens (primary N) is 1. The van der Waals surface area contributed by atoms with Crippen molar-refractivity contribution in [2.75, 3.05) is 184 Å². The van der Waals surface area contributed by atoms with Crippen molar-refractivity contribution >= 4 is 61.5 Å². The number of ether oxygens (including phenoxy) is 11. The third kappa shape index (κ3) is 28.9. The molecule has 0 bridgehead atoms. The predicted octanol–water partition coefficient (Wildman–Crippen LogP) is 1.29. The van der Waals surface area contributed by atoms with Gasteiger partial charge in [-0.2, -0.15) is 0 Å². The largest absolute Gasteiger partial charge is 0.447 e. The number of amidine groups is 1. The zero-order valence-corrected chi connectivity index (χ0v) is 42.2. The van der Waals surface area contributed by atoms with Crippen LogP contribution < -0.4 is 16.4 Å². The van der Waals surface area contributed by atoms with E-state index in [0.717, 1.165) is 4.31 Å². The Morgan fingerprint density at radius 1 is 0.662 bits per heavy atom. The number of hydrogen-bond donors (Lipinski definition) is 3. The minimum absolute atomic E-state index is 0.00422. The molecule has 2 rings (SSSR count). The van der Waals surface area contributed by atoms with Crippen molar-refractivity contribution in [1.82, 2.24) is 20.0 Å². The maximum absolute atomic E-state index is 13.5. The van der Waals surface area contributed by atoms with Crippen LogP contribution in [0.4, 0.5) is 10.5 Å². The number of nitrogens with zero attached hydrogens (tertiary/aromatic N) is 3. The molecule has 3 amide bonds. The summed E-state index contributed by atoms with van der Waals surface area (Å²) in [6, 6.07) is 4.46. The quantitative estimate of drug-likeness (QED) is 0.0473. The minimum Gasteiger partial charge on any atom is -0.447 e. The van der Waals surface area contributed by atoms with E-state index < -0.39 is 22.0 Å². The Morgan fingerprint density at radius 2 is 1.10 bits per heavy atom. The van der Waals surface area contributed by atoms with Crippen LogP contribution in [0, 0.1) is 0 Å². The second kappa shape index (κ2) is 39.3. The number of rotatable bonds is 43. The van der Waals surface area contributed by atoms with Gasteiger partial charge in [-0.15, -0.1) is 0 Å². The predicted molar refractivity (Wildman–Crippen MR) is 253 cm³/mol. The van der Waals surface area contributed by atoms with Gasteiger partial charge in [0.1, 0.15) is 12.4 Å². The number of carbonyl (C=O) groups excluding carboxylic acids is 3. The molecule has 25 heteroatoms. The summed E-state index contributed by atoms with van der Waals surface area (Å²) in [5.41, 5.74) is 7.31. The number of sulfonamides is 1. The van der Waals surface area contributed by atoms with Gasteiger partial charge in [-0.3, -0.25) is 14.4 Å². The van der Waals surface area contributed by atoms with Crippen LogP contribution in [0.3, 0.4) is 0 Å². The van der Waals surface area contributed by atoms with Gasteiger partial charge in [0, 0.05) is 51.3 Å². The lowest BCUT2D eigenvalue weighted by Crippen LogP contribution is -2.37. The van der Waals surface area contributed by atoms with Crippen molar-refractivity contribution < 1.29 is 79.7 Å². The number of alkyl halides is 1. The van der Waals surface area contributed by atoms with E-state index in [1.54, 1.807) is 12.1 Å². The Bertz CT molecular complexity index is 1710. The Labute approximate surface area is 409 Å². The Kier molecular flexibility index (Phi) is 35.1. The number of nitrogens with one attached hydrogen (secondary N) is 2. The monoisotopic (exact) mass is 1060 g/mol. The zero-order chi connectivity index (χ0) is 49.5. The number of aliphatic imine (C=N–C) groups is 1. The van der Waals surface area contributed by atoms with E-state index in [9.17, 15) is 22.8 Å². The maximum atomic E-state index is 13.5. The number of halogens is 1. The number of alkyl carbamates (subject to hydrolysis) is 1. The zero-order valence-electron chi connectivity index (χ0n) is 39.8. The molecular weight excluding hydrogens is 984 g/mol. The molecule has 0 atom stereocenters. The van der Waals surface area contributed by atoms with Crippen LogP contribution in [-0.2, 0) is 76.6 Å². The average Bonchev–Trinajstić information content (AvgIpc) is 3.49. The second-order valence-electron chi connectivity index (χ2n) is 14.4. The molecule has 4 N–H and O–H groups in total. The first-order chi connectivity index (χ1) is 33.0. The average molecular weight is 1060 g/mol. The van der Waals surface area contributed by atoms with Crippen LogP contribution in [0.2, 0.25) is 0 Å². The lowest BCUT2D eigenvalue weighted by Gasteiger charge is -2.22. The number of fused-ring (bicyclic) bond motifs is 1. The molecular formula is C43H73BrN6O17S. The molecule has 0 aliphatic carbocycles. The molecule has 68 heavy (non-hydrogen) atoms. The van der Waals surface area contributed by atoms with Crippen LogP contribution >= 0.6 is 15.9 Å². The highest BCUT2D eigenvalue weighted by Crippen LogP contribution is 2.30. The summed E-state index contributed by atoms with van der Waals surface area (Å²) in [5.74, 6) is -0.350. The van der Waals surface area contributed by atoms with Crippen molar-refractivity contribution in [3.63, 3.8) is 0 Å². The van der Waals surface area contributed by atoms with Crippen LogP contribution in [0.1, 0.15) is 25.3 Å². The number of hydroxylamine groups is 2. The lowest BCUT2D eigenvalue weighted by molar-refractivity contribution is -0.181. The van der Waals surface area contributed by atoms with E-state index in [1.807, 2.05) is 6.92 Å². The SMILES string of the molecule is CCCN(OCCNC(=O)OCCOCCOCCOCCOCCOCCOCCOCCOCCOCCOCCNC(=O)CBr)C(=O)C1=Cc2ccc(S(=O)(=O)N(C)C)cc2N=C(N)C1. The fourth-order valence-electron chi connectivity index (χ4n) is 5.41. The van der Waals surface area contributed by atoms with Crippen molar-refractivity contribution in [3.05, 3.63) is 29.3 Å². The minimum atomic E-state index is -3.69. The molecule has 0 radical (unpaired) electrons. The standard InChI is InChI=1S/C43H73BrN6O17S/c1-4-9-50(42(52)37-32-36-5-6-38(68(54,55)49(2)3)34-39(36)48-40(45)33-37)67-11-8-47-43(53)66-31-30-65-29-28-64-27-26-63-25-24-62-23-22-61-21-20-60-19-18-59-17-16-58-15-14-57-13-12-56-10-7-46-41(51)35-44/h5-6,32,34H,4,7-31,33,35H2,1-3H3,(H2,45,48)(H,46,51)(H,47,53). The van der Waals surface area contributed by atoms with E-state index in [0.29, 0.717) is 155 Å². The van der Waals surface area contributed by atoms with E-state index in [1.165, 1.54) is 31.3 Å². The van der Waals surface area contributed by atoms with Gasteiger partial charge >= 0.3 is 6.09 Å². The summed E-state index contributed by atoms with van der Waals surface area (Å²) in [5, 5.41) is 6.75. The molecule has 0 saturated heterocycles. The summed E-state index contributed by atoms with van der Waals surface area (Å²) >= 11 is 3.08. The lowest BCUT2D eigenvalue weighted by atomic mass is 10.1. The first-order valence-electron chi connectivity index (χ1n) is 22.5. The topological polar surface area (TPSA) is 265 Å². The smallest absolute Gasteiger partial charge is 0.407 e. The summed E-state index contributed by atoms with van der Waals surface area (Å²) in [4.78, 5) is 46.8. The van der Waals surface area contributed by atoms with Crippen molar-refractivity contribution in [2.24, 2.45) is 10.7 Å². The van der Waals surface area contributed by atoms with Gasteiger partial charge < -0.3 is 68.5 Å². The highest BCUT2D eigenvalue weighted by atomic mass is 79.9. The molecule has 1 aromatic rings. The Hall–Kier alpha value is -3.41. The van der Waals surface area contributed by atoms with Gasteiger partial charge in [0.25, 0.3) is 5.91 Å². The van der Waals surface area contributed by atoms with Gasteiger partial charge in [0.05, 0.1) is 155 Å². The van der Waals surface area contributed by atoms with Crippen molar-refractivity contribution in [2.45, 2.75) is 24.7 Å². The van der Waals surface area contributed by atoms with Crippen molar-refractivity contribution in [3.8, 4) is 0 Å². The molecule has 0 spiro atoms. The van der Waals surface area contributed by atoms with E-state index in [4.69, 9.17) is 62.7 Å².